The van der Waals surface area contributed by atoms with E-state index in [0.717, 1.165) is 5.56 Å². The first kappa shape index (κ1) is 9.83. The lowest BCUT2D eigenvalue weighted by atomic mass is 10.1. The van der Waals surface area contributed by atoms with E-state index in [0.29, 0.717) is 11.1 Å². The van der Waals surface area contributed by atoms with Gasteiger partial charge in [0.1, 0.15) is 0 Å². The Kier molecular flexibility index (Phi) is 2.89. The Bertz CT molecular complexity index is 472. The highest BCUT2D eigenvalue weighted by molar-refractivity contribution is 5.92. The Balaban J connectivity index is 3.17. The molecule has 68 valence electrons. The number of carbonyl (C=O) groups is 1. The molecule has 1 aromatic rings. The highest BCUT2D eigenvalue weighted by Crippen LogP contribution is 2.08. The number of nitrogens with two attached hydrogens (primary N) is 1. The molecule has 0 unspecified atom stereocenters. The molecule has 3 nitrogen and oxygen atoms in total. The lowest BCUT2D eigenvalue weighted by Gasteiger charge is -1.96. The van der Waals surface area contributed by atoms with Crippen molar-refractivity contribution in [1.29, 1.82) is 5.26 Å². The zero-order valence-corrected chi connectivity index (χ0v) is 7.66. The zero-order chi connectivity index (χ0) is 10.6. The molecule has 2 N–H and O–H groups in total. The first-order valence-electron chi connectivity index (χ1n) is 3.95. The number of amides is 1. The number of hydrogen-bond donors (Lipinski definition) is 1. The number of nitriles is 1. The maximum atomic E-state index is 10.4. The van der Waals surface area contributed by atoms with E-state index in [1.54, 1.807) is 18.2 Å². The molecule has 0 atom stereocenters. The van der Waals surface area contributed by atoms with Crippen LogP contribution in [0.25, 0.3) is 0 Å². The average Bonchev–Trinajstić information content (AvgIpc) is 2.16. The summed E-state index contributed by atoms with van der Waals surface area (Å²) in [5.41, 5.74) is 6.97. The van der Waals surface area contributed by atoms with Crippen molar-refractivity contribution < 1.29 is 4.79 Å². The van der Waals surface area contributed by atoms with Gasteiger partial charge >= 0.3 is 0 Å². The number of rotatable bonds is 0. The van der Waals surface area contributed by atoms with Gasteiger partial charge in [-0.2, -0.15) is 5.26 Å². The molecule has 1 aromatic carbocycles. The first-order chi connectivity index (χ1) is 6.63. The van der Waals surface area contributed by atoms with Gasteiger partial charge < -0.3 is 5.73 Å². The monoisotopic (exact) mass is 184 g/mol. The van der Waals surface area contributed by atoms with E-state index < -0.39 is 5.91 Å². The van der Waals surface area contributed by atoms with Crippen LogP contribution in [-0.2, 0) is 4.79 Å². The summed E-state index contributed by atoms with van der Waals surface area (Å²) in [5.74, 6) is 4.17. The molecule has 1 amide bonds. The first-order valence-corrected chi connectivity index (χ1v) is 3.95. The second-order valence-corrected chi connectivity index (χ2v) is 2.76. The van der Waals surface area contributed by atoms with Crippen LogP contribution in [0.1, 0.15) is 16.7 Å². The van der Waals surface area contributed by atoms with Gasteiger partial charge in [0.15, 0.2) is 0 Å². The highest BCUT2D eigenvalue weighted by atomic mass is 16.1. The lowest BCUT2D eigenvalue weighted by Crippen LogP contribution is -2.06. The summed E-state index contributed by atoms with van der Waals surface area (Å²) >= 11 is 0. The van der Waals surface area contributed by atoms with Crippen LogP contribution in [0.3, 0.4) is 0 Å². The van der Waals surface area contributed by atoms with Gasteiger partial charge in [-0.15, -0.1) is 0 Å². The van der Waals surface area contributed by atoms with Crippen molar-refractivity contribution in [2.75, 3.05) is 0 Å². The smallest absolute Gasteiger partial charge is 0.293 e. The number of nitrogens with zero attached hydrogens (tertiary/aromatic N) is 1. The summed E-state index contributed by atoms with van der Waals surface area (Å²) in [5, 5.41) is 8.64. The summed E-state index contributed by atoms with van der Waals surface area (Å²) in [7, 11) is 0. The molecule has 0 aliphatic carbocycles. The minimum Gasteiger partial charge on any atom is -0.359 e. The minimum absolute atomic E-state index is 0.518. The van der Waals surface area contributed by atoms with Crippen molar-refractivity contribution >= 4 is 5.91 Å². The molecule has 0 spiro atoms. The number of aryl methyl sites for hydroxylation is 1. The van der Waals surface area contributed by atoms with Crippen LogP contribution in [-0.4, -0.2) is 5.91 Å². The van der Waals surface area contributed by atoms with Crippen LogP contribution < -0.4 is 5.73 Å². The summed E-state index contributed by atoms with van der Waals surface area (Å²) < 4.78 is 0. The standard InChI is InChI=1S/C11H8N2O/c1-8-2-3-9(7-12)6-10(8)4-5-11(13)14/h2-3,6H,1H3,(H2,13,14). The number of hydrogen-bond acceptors (Lipinski definition) is 2. The van der Waals surface area contributed by atoms with Gasteiger partial charge in [0, 0.05) is 5.56 Å². The van der Waals surface area contributed by atoms with Crippen molar-refractivity contribution in [3.8, 4) is 17.9 Å². The fourth-order valence-corrected chi connectivity index (χ4v) is 0.955. The molecule has 0 aliphatic rings. The summed E-state index contributed by atoms with van der Waals surface area (Å²) in [6.07, 6.45) is 0. The van der Waals surface area contributed by atoms with Gasteiger partial charge in [-0.1, -0.05) is 12.0 Å². The van der Waals surface area contributed by atoms with Crippen molar-refractivity contribution in [2.45, 2.75) is 6.92 Å². The van der Waals surface area contributed by atoms with Gasteiger partial charge in [0.05, 0.1) is 11.6 Å². The molecule has 0 radical (unpaired) electrons. The summed E-state index contributed by atoms with van der Waals surface area (Å²) in [6, 6.07) is 7.11. The molecule has 1 rings (SSSR count). The topological polar surface area (TPSA) is 66.9 Å². The van der Waals surface area contributed by atoms with E-state index in [1.807, 2.05) is 13.0 Å². The summed E-state index contributed by atoms with van der Waals surface area (Å²) in [4.78, 5) is 10.4. The number of benzene rings is 1. The summed E-state index contributed by atoms with van der Waals surface area (Å²) in [6.45, 7) is 1.85. The van der Waals surface area contributed by atoms with Gasteiger partial charge in [-0.05, 0) is 30.5 Å². The Labute approximate surface area is 82.1 Å². The van der Waals surface area contributed by atoms with Crippen LogP contribution in [0.15, 0.2) is 18.2 Å². The van der Waals surface area contributed by atoms with E-state index in [-0.39, 0.29) is 0 Å². The molecule has 0 saturated heterocycles. The fourth-order valence-electron chi connectivity index (χ4n) is 0.955. The van der Waals surface area contributed by atoms with Crippen LogP contribution in [0.2, 0.25) is 0 Å². The number of carbonyl (C=O) groups excluding carboxylic acids is 1. The maximum absolute atomic E-state index is 10.4. The molecule has 0 saturated carbocycles. The normalized spacial score (nSPS) is 8.29. The SMILES string of the molecule is Cc1ccc(C#N)cc1C#CC(N)=O. The molecular formula is C11H8N2O. The van der Waals surface area contributed by atoms with E-state index >= 15 is 0 Å². The third-order valence-electron chi connectivity index (χ3n) is 1.69. The second kappa shape index (κ2) is 4.11. The Morgan fingerprint density at radius 3 is 2.79 bits per heavy atom. The van der Waals surface area contributed by atoms with Gasteiger partial charge in [-0.25, -0.2) is 0 Å². The molecule has 0 aromatic heterocycles. The second-order valence-electron chi connectivity index (χ2n) is 2.76. The van der Waals surface area contributed by atoms with Crippen LogP contribution in [0.5, 0.6) is 0 Å². The average molecular weight is 184 g/mol. The quantitative estimate of drug-likeness (QED) is 0.603. The lowest BCUT2D eigenvalue weighted by molar-refractivity contribution is -0.112. The van der Waals surface area contributed by atoms with E-state index in [9.17, 15) is 4.79 Å². The highest BCUT2D eigenvalue weighted by Gasteiger charge is 1.96. The molecule has 0 aliphatic heterocycles. The third kappa shape index (κ3) is 2.36. The minimum atomic E-state index is -0.674. The van der Waals surface area contributed by atoms with Gasteiger partial charge in [0.2, 0.25) is 0 Å². The molecule has 14 heavy (non-hydrogen) atoms. The fraction of sp³-hybridized carbons (Fsp3) is 0.0909. The van der Waals surface area contributed by atoms with E-state index in [4.69, 9.17) is 11.0 Å². The molecular weight excluding hydrogens is 176 g/mol. The van der Waals surface area contributed by atoms with Crippen molar-refractivity contribution in [1.82, 2.24) is 0 Å². The zero-order valence-electron chi connectivity index (χ0n) is 7.66. The van der Waals surface area contributed by atoms with E-state index in [1.165, 1.54) is 0 Å². The van der Waals surface area contributed by atoms with Crippen molar-refractivity contribution in [2.24, 2.45) is 5.73 Å². The molecule has 0 fully saturated rings. The Hall–Kier alpha value is -2.26. The Morgan fingerprint density at radius 2 is 2.21 bits per heavy atom. The van der Waals surface area contributed by atoms with Crippen molar-refractivity contribution in [3.05, 3.63) is 34.9 Å². The van der Waals surface area contributed by atoms with Crippen LogP contribution >= 0.6 is 0 Å². The van der Waals surface area contributed by atoms with E-state index in [2.05, 4.69) is 11.8 Å². The largest absolute Gasteiger partial charge is 0.359 e. The van der Waals surface area contributed by atoms with Crippen molar-refractivity contribution in [3.63, 3.8) is 0 Å². The third-order valence-corrected chi connectivity index (χ3v) is 1.69. The van der Waals surface area contributed by atoms with Gasteiger partial charge in [-0.3, -0.25) is 4.79 Å². The predicted molar refractivity (Wildman–Crippen MR) is 52.0 cm³/mol. The Morgan fingerprint density at radius 1 is 1.50 bits per heavy atom. The molecule has 3 heteroatoms. The maximum Gasteiger partial charge on any atom is 0.293 e. The molecule has 0 heterocycles. The van der Waals surface area contributed by atoms with Crippen LogP contribution in [0.4, 0.5) is 0 Å². The van der Waals surface area contributed by atoms with Crippen LogP contribution in [0, 0.1) is 30.1 Å². The van der Waals surface area contributed by atoms with Gasteiger partial charge in [0.25, 0.3) is 5.91 Å². The number of primary amides is 1. The predicted octanol–water partition coefficient (Wildman–Crippen LogP) is 0.704. The molecule has 0 bridgehead atoms.